The molecule has 0 saturated heterocycles. The zero-order valence-corrected chi connectivity index (χ0v) is 12.1. The monoisotopic (exact) mass is 293 g/mol. The Balaban J connectivity index is 2.19. The molecule has 0 amide bonds. The second-order valence-electron chi connectivity index (χ2n) is 4.61. The Kier molecular flexibility index (Phi) is 4.62. The van der Waals surface area contributed by atoms with Gasteiger partial charge >= 0.3 is 0 Å². The quantitative estimate of drug-likeness (QED) is 0.898. The lowest BCUT2D eigenvalue weighted by Gasteiger charge is -2.17. The minimum atomic E-state index is -0.875. The third-order valence-corrected chi connectivity index (χ3v) is 3.21. The van der Waals surface area contributed by atoms with Crippen molar-refractivity contribution in [3.63, 3.8) is 0 Å². The van der Waals surface area contributed by atoms with Crippen LogP contribution in [-0.2, 0) is 0 Å². The predicted octanol–water partition coefficient (Wildman–Crippen LogP) is 4.16. The molecule has 2 rings (SSSR count). The molecule has 0 aliphatic carbocycles. The van der Waals surface area contributed by atoms with Crippen molar-refractivity contribution >= 4 is 5.69 Å². The van der Waals surface area contributed by atoms with Gasteiger partial charge in [0.15, 0.2) is 23.1 Å². The van der Waals surface area contributed by atoms with Crippen LogP contribution in [0.25, 0.3) is 0 Å². The number of hydrogen-bond acceptors (Lipinski definition) is 3. The molecule has 0 aliphatic heterocycles. The fourth-order valence-electron chi connectivity index (χ4n) is 2.04. The number of halogens is 2. The number of ether oxygens (including phenoxy) is 2. The van der Waals surface area contributed by atoms with Crippen LogP contribution < -0.4 is 14.8 Å². The highest BCUT2D eigenvalue weighted by Gasteiger charge is 2.11. The highest BCUT2D eigenvalue weighted by atomic mass is 19.2. The molecule has 0 bridgehead atoms. The van der Waals surface area contributed by atoms with Crippen LogP contribution in [0.2, 0.25) is 0 Å². The fraction of sp³-hybridized carbons (Fsp3) is 0.250. The van der Waals surface area contributed by atoms with Crippen LogP contribution in [0.4, 0.5) is 14.5 Å². The van der Waals surface area contributed by atoms with E-state index in [1.807, 2.05) is 19.1 Å². The molecular formula is C16H17F2NO2. The van der Waals surface area contributed by atoms with Gasteiger partial charge < -0.3 is 14.8 Å². The summed E-state index contributed by atoms with van der Waals surface area (Å²) in [5, 5.41) is 3.11. The van der Waals surface area contributed by atoms with Crippen LogP contribution in [0.3, 0.4) is 0 Å². The summed E-state index contributed by atoms with van der Waals surface area (Å²) in [6.45, 7) is 1.92. The standard InChI is InChI=1S/C16H17F2NO2/c1-10(19-12-5-6-13(17)14(18)9-12)11-4-7-15(20-2)16(8-11)21-3/h4-10,19H,1-3H3. The molecule has 2 aromatic carbocycles. The minimum Gasteiger partial charge on any atom is -0.493 e. The summed E-state index contributed by atoms with van der Waals surface area (Å²) in [5.41, 5.74) is 1.45. The van der Waals surface area contributed by atoms with Crippen LogP contribution in [0, 0.1) is 11.6 Å². The van der Waals surface area contributed by atoms with Gasteiger partial charge in [-0.05, 0) is 36.8 Å². The molecule has 0 spiro atoms. The maximum Gasteiger partial charge on any atom is 0.161 e. The van der Waals surface area contributed by atoms with E-state index in [4.69, 9.17) is 9.47 Å². The number of nitrogens with one attached hydrogen (secondary N) is 1. The van der Waals surface area contributed by atoms with Crippen LogP contribution >= 0.6 is 0 Å². The summed E-state index contributed by atoms with van der Waals surface area (Å²) in [6, 6.07) is 9.16. The summed E-state index contributed by atoms with van der Waals surface area (Å²) in [7, 11) is 3.13. The lowest BCUT2D eigenvalue weighted by molar-refractivity contribution is 0.354. The lowest BCUT2D eigenvalue weighted by atomic mass is 10.1. The summed E-state index contributed by atoms with van der Waals surface area (Å²) in [4.78, 5) is 0. The largest absolute Gasteiger partial charge is 0.493 e. The second-order valence-corrected chi connectivity index (χ2v) is 4.61. The van der Waals surface area contributed by atoms with E-state index in [9.17, 15) is 8.78 Å². The molecule has 3 nitrogen and oxygen atoms in total. The smallest absolute Gasteiger partial charge is 0.161 e. The molecular weight excluding hydrogens is 276 g/mol. The van der Waals surface area contributed by atoms with E-state index in [1.54, 1.807) is 20.3 Å². The fourth-order valence-corrected chi connectivity index (χ4v) is 2.04. The van der Waals surface area contributed by atoms with Crippen molar-refractivity contribution in [2.45, 2.75) is 13.0 Å². The number of hydrogen-bond donors (Lipinski definition) is 1. The summed E-state index contributed by atoms with van der Waals surface area (Å²) < 4.78 is 36.5. The van der Waals surface area contributed by atoms with Crippen LogP contribution in [0.15, 0.2) is 36.4 Å². The first kappa shape index (κ1) is 15.1. The average molecular weight is 293 g/mol. The molecule has 1 N–H and O–H groups in total. The molecule has 0 heterocycles. The van der Waals surface area contributed by atoms with Crippen LogP contribution in [0.5, 0.6) is 11.5 Å². The van der Waals surface area contributed by atoms with E-state index in [-0.39, 0.29) is 6.04 Å². The molecule has 1 atom stereocenters. The Morgan fingerprint density at radius 2 is 1.62 bits per heavy atom. The first-order valence-electron chi connectivity index (χ1n) is 6.48. The van der Waals surface area contributed by atoms with E-state index in [0.29, 0.717) is 17.2 Å². The van der Waals surface area contributed by atoms with Gasteiger partial charge in [0.2, 0.25) is 0 Å². The summed E-state index contributed by atoms with van der Waals surface area (Å²) in [6.07, 6.45) is 0. The first-order chi connectivity index (χ1) is 10.0. The van der Waals surface area contributed by atoms with Crippen molar-refractivity contribution in [3.8, 4) is 11.5 Å². The molecule has 1 unspecified atom stereocenters. The van der Waals surface area contributed by atoms with Crippen molar-refractivity contribution in [2.24, 2.45) is 0 Å². The van der Waals surface area contributed by atoms with E-state index in [1.165, 1.54) is 6.07 Å². The Labute approximate surface area is 122 Å². The molecule has 2 aromatic rings. The lowest BCUT2D eigenvalue weighted by Crippen LogP contribution is -2.07. The van der Waals surface area contributed by atoms with Gasteiger partial charge in [-0.3, -0.25) is 0 Å². The summed E-state index contributed by atoms with van der Waals surface area (Å²) >= 11 is 0. The van der Waals surface area contributed by atoms with Gasteiger partial charge in [-0.2, -0.15) is 0 Å². The third kappa shape index (κ3) is 3.42. The van der Waals surface area contributed by atoms with Crippen LogP contribution in [-0.4, -0.2) is 14.2 Å². The van der Waals surface area contributed by atoms with Gasteiger partial charge in [-0.1, -0.05) is 6.07 Å². The number of rotatable bonds is 5. The van der Waals surface area contributed by atoms with Gasteiger partial charge in [0, 0.05) is 17.8 Å². The zero-order valence-electron chi connectivity index (χ0n) is 12.1. The molecule has 0 fully saturated rings. The number of anilines is 1. The van der Waals surface area contributed by atoms with Crippen molar-refractivity contribution < 1.29 is 18.3 Å². The highest BCUT2D eigenvalue weighted by molar-refractivity contribution is 5.48. The predicted molar refractivity (Wildman–Crippen MR) is 77.9 cm³/mol. The molecule has 5 heteroatoms. The van der Waals surface area contributed by atoms with Crippen molar-refractivity contribution in [2.75, 3.05) is 19.5 Å². The Morgan fingerprint density at radius 3 is 2.24 bits per heavy atom. The molecule has 112 valence electrons. The number of benzene rings is 2. The molecule has 0 radical (unpaired) electrons. The topological polar surface area (TPSA) is 30.5 Å². The second kappa shape index (κ2) is 6.43. The van der Waals surface area contributed by atoms with E-state index >= 15 is 0 Å². The van der Waals surface area contributed by atoms with E-state index < -0.39 is 11.6 Å². The third-order valence-electron chi connectivity index (χ3n) is 3.21. The zero-order chi connectivity index (χ0) is 15.4. The maximum atomic E-state index is 13.2. The molecule has 0 aliphatic rings. The van der Waals surface area contributed by atoms with Gasteiger partial charge in [0.1, 0.15) is 0 Å². The Bertz CT molecular complexity index is 632. The van der Waals surface area contributed by atoms with Gasteiger partial charge in [-0.25, -0.2) is 8.78 Å². The molecule has 0 saturated carbocycles. The van der Waals surface area contributed by atoms with Gasteiger partial charge in [-0.15, -0.1) is 0 Å². The highest BCUT2D eigenvalue weighted by Crippen LogP contribution is 2.31. The maximum absolute atomic E-state index is 13.2. The van der Waals surface area contributed by atoms with E-state index in [2.05, 4.69) is 5.32 Å². The van der Waals surface area contributed by atoms with Crippen molar-refractivity contribution in [1.82, 2.24) is 0 Å². The first-order valence-corrected chi connectivity index (χ1v) is 6.48. The summed E-state index contributed by atoms with van der Waals surface area (Å²) in [5.74, 6) is -0.478. The molecule has 0 aromatic heterocycles. The Hall–Kier alpha value is -2.30. The normalized spacial score (nSPS) is 11.9. The van der Waals surface area contributed by atoms with Crippen molar-refractivity contribution in [3.05, 3.63) is 53.6 Å². The SMILES string of the molecule is COc1ccc(C(C)Nc2ccc(F)c(F)c2)cc1OC. The van der Waals surface area contributed by atoms with Gasteiger partial charge in [0.05, 0.1) is 14.2 Å². The van der Waals surface area contributed by atoms with Crippen LogP contribution in [0.1, 0.15) is 18.5 Å². The van der Waals surface area contributed by atoms with Gasteiger partial charge in [0.25, 0.3) is 0 Å². The van der Waals surface area contributed by atoms with E-state index in [0.717, 1.165) is 17.7 Å². The van der Waals surface area contributed by atoms with Crippen molar-refractivity contribution in [1.29, 1.82) is 0 Å². The number of methoxy groups -OCH3 is 2. The average Bonchev–Trinajstić information content (AvgIpc) is 2.50. The minimum absolute atomic E-state index is 0.102. The molecule has 21 heavy (non-hydrogen) atoms. The Morgan fingerprint density at radius 1 is 0.905 bits per heavy atom.